The molecule has 3 nitrogen and oxygen atoms in total. The monoisotopic (exact) mass is 268 g/mol. The maximum atomic E-state index is 6.20. The zero-order chi connectivity index (χ0) is 13.3. The molecule has 1 saturated carbocycles. The Labute approximate surface area is 114 Å². The van der Waals surface area contributed by atoms with E-state index in [0.29, 0.717) is 5.41 Å². The van der Waals surface area contributed by atoms with Gasteiger partial charge in [-0.15, -0.1) is 0 Å². The molecule has 2 rings (SSSR count). The first-order chi connectivity index (χ1) is 8.51. The zero-order valence-corrected chi connectivity index (χ0v) is 12.0. The first-order valence-electron chi connectivity index (χ1n) is 6.27. The molecule has 1 aliphatic rings. The lowest BCUT2D eigenvalue weighted by Crippen LogP contribution is -2.31. The number of methoxy groups -OCH3 is 1. The summed E-state index contributed by atoms with van der Waals surface area (Å²) in [6.45, 7) is 3.69. The SMILES string of the molecule is COc1cc(C)c(Cl)cc1N(C)CC1(CN)CC1. The van der Waals surface area contributed by atoms with Gasteiger partial charge in [0.1, 0.15) is 5.75 Å². The smallest absolute Gasteiger partial charge is 0.142 e. The summed E-state index contributed by atoms with van der Waals surface area (Å²) >= 11 is 6.20. The minimum atomic E-state index is 0.303. The van der Waals surface area contributed by atoms with Gasteiger partial charge in [0, 0.05) is 24.0 Å². The highest BCUT2D eigenvalue weighted by molar-refractivity contribution is 6.31. The van der Waals surface area contributed by atoms with Gasteiger partial charge in [-0.1, -0.05) is 11.6 Å². The number of hydrogen-bond acceptors (Lipinski definition) is 3. The maximum Gasteiger partial charge on any atom is 0.142 e. The zero-order valence-electron chi connectivity index (χ0n) is 11.3. The van der Waals surface area contributed by atoms with Crippen LogP contribution in [0.5, 0.6) is 5.75 Å². The van der Waals surface area contributed by atoms with Crippen LogP contribution in [0.2, 0.25) is 5.02 Å². The van der Waals surface area contributed by atoms with Crippen molar-refractivity contribution in [3.8, 4) is 5.75 Å². The lowest BCUT2D eigenvalue weighted by atomic mass is 10.1. The lowest BCUT2D eigenvalue weighted by molar-refractivity contribution is 0.412. The normalized spacial score (nSPS) is 16.5. The predicted octanol–water partition coefficient (Wildman–Crippen LogP) is 2.83. The molecule has 1 aliphatic carbocycles. The van der Waals surface area contributed by atoms with Gasteiger partial charge in [-0.05, 0) is 44.0 Å². The Morgan fingerprint density at radius 2 is 2.11 bits per heavy atom. The van der Waals surface area contributed by atoms with Crippen molar-refractivity contribution >= 4 is 17.3 Å². The number of hydrogen-bond donors (Lipinski definition) is 1. The Balaban J connectivity index is 2.23. The fourth-order valence-electron chi connectivity index (χ4n) is 2.30. The first-order valence-corrected chi connectivity index (χ1v) is 6.64. The molecule has 18 heavy (non-hydrogen) atoms. The quantitative estimate of drug-likeness (QED) is 0.892. The molecule has 4 heteroatoms. The van der Waals surface area contributed by atoms with Gasteiger partial charge >= 0.3 is 0 Å². The average Bonchev–Trinajstić information content (AvgIpc) is 3.12. The molecule has 0 heterocycles. The number of benzene rings is 1. The molecule has 100 valence electrons. The van der Waals surface area contributed by atoms with E-state index in [1.165, 1.54) is 12.8 Å². The molecule has 0 unspecified atom stereocenters. The largest absolute Gasteiger partial charge is 0.495 e. The Morgan fingerprint density at radius 1 is 1.44 bits per heavy atom. The van der Waals surface area contributed by atoms with Crippen molar-refractivity contribution in [2.24, 2.45) is 11.1 Å². The van der Waals surface area contributed by atoms with Gasteiger partial charge in [-0.25, -0.2) is 0 Å². The van der Waals surface area contributed by atoms with Crippen LogP contribution in [0.4, 0.5) is 5.69 Å². The number of ether oxygens (including phenoxy) is 1. The topological polar surface area (TPSA) is 38.5 Å². The minimum Gasteiger partial charge on any atom is -0.495 e. The summed E-state index contributed by atoms with van der Waals surface area (Å²) < 4.78 is 5.44. The van der Waals surface area contributed by atoms with Crippen LogP contribution in [0, 0.1) is 12.3 Å². The van der Waals surface area contributed by atoms with Gasteiger partial charge in [0.25, 0.3) is 0 Å². The number of nitrogens with zero attached hydrogens (tertiary/aromatic N) is 1. The average molecular weight is 269 g/mol. The van der Waals surface area contributed by atoms with Crippen molar-refractivity contribution in [2.75, 3.05) is 32.1 Å². The third-order valence-electron chi connectivity index (χ3n) is 3.83. The van der Waals surface area contributed by atoms with Crippen LogP contribution in [0.3, 0.4) is 0 Å². The summed E-state index contributed by atoms with van der Waals surface area (Å²) in [5.41, 5.74) is 8.21. The van der Waals surface area contributed by atoms with Gasteiger partial charge in [0.05, 0.1) is 12.8 Å². The van der Waals surface area contributed by atoms with Gasteiger partial charge in [0.15, 0.2) is 0 Å². The molecule has 0 amide bonds. The molecule has 1 fully saturated rings. The minimum absolute atomic E-state index is 0.303. The molecule has 0 radical (unpaired) electrons. The summed E-state index contributed by atoms with van der Waals surface area (Å²) in [5, 5.41) is 0.773. The molecule has 0 bridgehead atoms. The number of anilines is 1. The van der Waals surface area contributed by atoms with Crippen LogP contribution in [-0.4, -0.2) is 27.2 Å². The van der Waals surface area contributed by atoms with E-state index in [1.54, 1.807) is 7.11 Å². The van der Waals surface area contributed by atoms with Crippen LogP contribution in [0.15, 0.2) is 12.1 Å². The number of rotatable bonds is 5. The molecular weight excluding hydrogens is 248 g/mol. The molecule has 0 saturated heterocycles. The predicted molar refractivity (Wildman–Crippen MR) is 76.7 cm³/mol. The molecule has 0 atom stereocenters. The second-order valence-electron chi connectivity index (χ2n) is 5.33. The number of halogens is 1. The highest BCUT2D eigenvalue weighted by atomic mass is 35.5. The van der Waals surface area contributed by atoms with Gasteiger partial charge < -0.3 is 15.4 Å². The molecule has 1 aromatic carbocycles. The molecule has 0 aromatic heterocycles. The van der Waals surface area contributed by atoms with E-state index >= 15 is 0 Å². The Hall–Kier alpha value is -0.930. The molecule has 0 spiro atoms. The third-order valence-corrected chi connectivity index (χ3v) is 4.24. The van der Waals surface area contributed by atoms with E-state index < -0.39 is 0 Å². The number of aryl methyl sites for hydroxylation is 1. The van der Waals surface area contributed by atoms with Crippen LogP contribution in [-0.2, 0) is 0 Å². The molecule has 1 aromatic rings. The number of nitrogens with two attached hydrogens (primary N) is 1. The summed E-state index contributed by atoms with van der Waals surface area (Å²) in [6, 6.07) is 3.96. The van der Waals surface area contributed by atoms with Crippen molar-refractivity contribution in [1.82, 2.24) is 0 Å². The van der Waals surface area contributed by atoms with E-state index in [0.717, 1.165) is 35.1 Å². The second kappa shape index (κ2) is 4.98. The Morgan fingerprint density at radius 3 is 2.61 bits per heavy atom. The van der Waals surface area contributed by atoms with Crippen molar-refractivity contribution in [3.63, 3.8) is 0 Å². The van der Waals surface area contributed by atoms with Crippen LogP contribution in [0.25, 0.3) is 0 Å². The highest BCUT2D eigenvalue weighted by Gasteiger charge is 2.42. The van der Waals surface area contributed by atoms with Gasteiger partial charge in [-0.3, -0.25) is 0 Å². The summed E-state index contributed by atoms with van der Waals surface area (Å²) in [5.74, 6) is 0.868. The lowest BCUT2D eigenvalue weighted by Gasteiger charge is -2.26. The van der Waals surface area contributed by atoms with Crippen molar-refractivity contribution in [1.29, 1.82) is 0 Å². The fraction of sp³-hybridized carbons (Fsp3) is 0.571. The van der Waals surface area contributed by atoms with E-state index in [9.17, 15) is 0 Å². The van der Waals surface area contributed by atoms with Gasteiger partial charge in [0.2, 0.25) is 0 Å². The third kappa shape index (κ3) is 2.57. The van der Waals surface area contributed by atoms with Crippen LogP contribution in [0.1, 0.15) is 18.4 Å². The van der Waals surface area contributed by atoms with Crippen LogP contribution >= 0.6 is 11.6 Å². The second-order valence-corrected chi connectivity index (χ2v) is 5.74. The maximum absolute atomic E-state index is 6.20. The highest BCUT2D eigenvalue weighted by Crippen LogP contribution is 2.46. The summed E-state index contributed by atoms with van der Waals surface area (Å²) in [6.07, 6.45) is 2.44. The molecule has 2 N–H and O–H groups in total. The van der Waals surface area contributed by atoms with E-state index in [2.05, 4.69) is 11.9 Å². The Kier molecular flexibility index (Phi) is 3.74. The Bertz CT molecular complexity index is 444. The van der Waals surface area contributed by atoms with E-state index in [4.69, 9.17) is 22.1 Å². The summed E-state index contributed by atoms with van der Waals surface area (Å²) in [4.78, 5) is 2.20. The standard InChI is InChI=1S/C14H21ClN2O/c1-10-6-13(18-3)12(7-11(10)15)17(2)9-14(8-16)4-5-14/h6-7H,4-5,8-9,16H2,1-3H3. The van der Waals surface area contributed by atoms with Crippen molar-refractivity contribution < 1.29 is 4.74 Å². The fourth-order valence-corrected chi connectivity index (χ4v) is 2.46. The van der Waals surface area contributed by atoms with Crippen molar-refractivity contribution in [3.05, 3.63) is 22.7 Å². The van der Waals surface area contributed by atoms with E-state index in [1.807, 2.05) is 19.1 Å². The van der Waals surface area contributed by atoms with Crippen LogP contribution < -0.4 is 15.4 Å². The van der Waals surface area contributed by atoms with Crippen molar-refractivity contribution in [2.45, 2.75) is 19.8 Å². The molecule has 0 aliphatic heterocycles. The van der Waals surface area contributed by atoms with Gasteiger partial charge in [-0.2, -0.15) is 0 Å². The first kappa shape index (κ1) is 13.5. The molecular formula is C14H21ClN2O. The summed E-state index contributed by atoms with van der Waals surface area (Å²) in [7, 11) is 3.76. The van der Waals surface area contributed by atoms with E-state index in [-0.39, 0.29) is 0 Å².